The molecule has 0 unspecified atom stereocenters. The van der Waals surface area contributed by atoms with Crippen molar-refractivity contribution < 1.29 is 4.74 Å². The van der Waals surface area contributed by atoms with Gasteiger partial charge in [-0.05, 0) is 37.0 Å². The summed E-state index contributed by atoms with van der Waals surface area (Å²) in [6.45, 7) is 4.51. The van der Waals surface area contributed by atoms with E-state index in [1.165, 1.54) is 12.8 Å². The molecule has 0 aliphatic carbocycles. The average molecular weight is 220 g/mol. The Morgan fingerprint density at radius 2 is 2.00 bits per heavy atom. The van der Waals surface area contributed by atoms with Gasteiger partial charge in [-0.1, -0.05) is 6.92 Å². The van der Waals surface area contributed by atoms with Gasteiger partial charge in [-0.3, -0.25) is 0 Å². The van der Waals surface area contributed by atoms with Crippen molar-refractivity contribution in [1.29, 1.82) is 0 Å². The zero-order chi connectivity index (χ0) is 11.5. The second-order valence-corrected chi connectivity index (χ2v) is 4.60. The number of methoxy groups -OCH3 is 1. The summed E-state index contributed by atoms with van der Waals surface area (Å²) in [6, 6.07) is 5.84. The smallest absolute Gasteiger partial charge is 0.142 e. The van der Waals surface area contributed by atoms with Crippen LogP contribution in [0.4, 0.5) is 11.4 Å². The van der Waals surface area contributed by atoms with E-state index in [-0.39, 0.29) is 0 Å². The lowest BCUT2D eigenvalue weighted by Crippen LogP contribution is -2.33. The molecule has 1 aliphatic rings. The molecule has 1 saturated heterocycles. The second kappa shape index (κ2) is 4.64. The van der Waals surface area contributed by atoms with Crippen LogP contribution in [0.5, 0.6) is 5.75 Å². The van der Waals surface area contributed by atoms with Gasteiger partial charge in [-0.25, -0.2) is 0 Å². The normalized spacial score (nSPS) is 17.5. The molecule has 0 bridgehead atoms. The van der Waals surface area contributed by atoms with E-state index in [0.717, 1.165) is 36.1 Å². The van der Waals surface area contributed by atoms with E-state index in [2.05, 4.69) is 11.8 Å². The first-order valence-corrected chi connectivity index (χ1v) is 5.89. The van der Waals surface area contributed by atoms with E-state index in [1.54, 1.807) is 7.11 Å². The summed E-state index contributed by atoms with van der Waals surface area (Å²) in [5, 5.41) is 0. The van der Waals surface area contributed by atoms with Crippen LogP contribution < -0.4 is 15.4 Å². The molecule has 2 rings (SSSR count). The number of piperidine rings is 1. The minimum atomic E-state index is 0.800. The number of nitrogen functional groups attached to an aromatic ring is 1. The minimum absolute atomic E-state index is 0.800. The highest BCUT2D eigenvalue weighted by molar-refractivity contribution is 5.65. The number of rotatable bonds is 2. The van der Waals surface area contributed by atoms with Crippen LogP contribution in [0.1, 0.15) is 19.8 Å². The fourth-order valence-electron chi connectivity index (χ4n) is 2.20. The summed E-state index contributed by atoms with van der Waals surface area (Å²) in [6.07, 6.45) is 2.50. The zero-order valence-corrected chi connectivity index (χ0v) is 10.1. The molecule has 1 heterocycles. The molecular weight excluding hydrogens is 200 g/mol. The molecule has 0 spiro atoms. The number of benzene rings is 1. The van der Waals surface area contributed by atoms with Crippen molar-refractivity contribution >= 4 is 11.4 Å². The molecule has 1 aliphatic heterocycles. The Morgan fingerprint density at radius 3 is 2.62 bits per heavy atom. The van der Waals surface area contributed by atoms with Crippen molar-refractivity contribution in [2.45, 2.75) is 19.8 Å². The molecule has 3 heteroatoms. The Labute approximate surface area is 97.2 Å². The van der Waals surface area contributed by atoms with Gasteiger partial charge in [0.1, 0.15) is 5.75 Å². The standard InChI is InChI=1S/C13H20N2O/c1-10-5-7-15(8-6-10)12-9-11(14)3-4-13(12)16-2/h3-4,9-10H,5-8,14H2,1-2H3. The van der Waals surface area contributed by atoms with Gasteiger partial charge in [-0.2, -0.15) is 0 Å². The largest absolute Gasteiger partial charge is 0.495 e. The van der Waals surface area contributed by atoms with Crippen LogP contribution in [0.25, 0.3) is 0 Å². The highest BCUT2D eigenvalue weighted by atomic mass is 16.5. The predicted molar refractivity (Wildman–Crippen MR) is 68.0 cm³/mol. The maximum absolute atomic E-state index is 5.83. The Bertz CT molecular complexity index is 357. The van der Waals surface area contributed by atoms with Crippen LogP contribution in [-0.2, 0) is 0 Å². The maximum Gasteiger partial charge on any atom is 0.142 e. The monoisotopic (exact) mass is 220 g/mol. The Morgan fingerprint density at radius 1 is 1.31 bits per heavy atom. The molecular formula is C13H20N2O. The Kier molecular flexibility index (Phi) is 3.22. The number of anilines is 2. The number of nitrogens with zero attached hydrogens (tertiary/aromatic N) is 1. The number of ether oxygens (including phenoxy) is 1. The van der Waals surface area contributed by atoms with Crippen molar-refractivity contribution in [2.75, 3.05) is 30.8 Å². The molecule has 3 nitrogen and oxygen atoms in total. The van der Waals surface area contributed by atoms with E-state index in [0.29, 0.717) is 0 Å². The summed E-state index contributed by atoms with van der Waals surface area (Å²) in [5.41, 5.74) is 7.77. The molecule has 1 fully saturated rings. The van der Waals surface area contributed by atoms with Crippen molar-refractivity contribution in [3.05, 3.63) is 18.2 Å². The fraction of sp³-hybridized carbons (Fsp3) is 0.538. The Hall–Kier alpha value is -1.38. The molecule has 0 atom stereocenters. The number of hydrogen-bond acceptors (Lipinski definition) is 3. The molecule has 1 aromatic carbocycles. The minimum Gasteiger partial charge on any atom is -0.495 e. The highest BCUT2D eigenvalue weighted by Crippen LogP contribution is 2.32. The van der Waals surface area contributed by atoms with E-state index < -0.39 is 0 Å². The van der Waals surface area contributed by atoms with Crippen LogP contribution in [0.3, 0.4) is 0 Å². The SMILES string of the molecule is COc1ccc(N)cc1N1CCC(C)CC1. The first-order valence-electron chi connectivity index (χ1n) is 5.89. The van der Waals surface area contributed by atoms with Crippen LogP contribution in [-0.4, -0.2) is 20.2 Å². The first kappa shape index (κ1) is 11.1. The van der Waals surface area contributed by atoms with Gasteiger partial charge in [0.15, 0.2) is 0 Å². The van der Waals surface area contributed by atoms with Crippen molar-refractivity contribution in [2.24, 2.45) is 5.92 Å². The fourth-order valence-corrected chi connectivity index (χ4v) is 2.20. The van der Waals surface area contributed by atoms with E-state index in [1.807, 2.05) is 18.2 Å². The quantitative estimate of drug-likeness (QED) is 0.778. The topological polar surface area (TPSA) is 38.5 Å². The van der Waals surface area contributed by atoms with E-state index >= 15 is 0 Å². The maximum atomic E-state index is 5.83. The molecule has 0 saturated carbocycles. The van der Waals surface area contributed by atoms with Crippen LogP contribution in [0.15, 0.2) is 18.2 Å². The number of nitrogens with two attached hydrogens (primary N) is 1. The van der Waals surface area contributed by atoms with Gasteiger partial charge in [0, 0.05) is 18.8 Å². The van der Waals surface area contributed by atoms with Gasteiger partial charge in [-0.15, -0.1) is 0 Å². The molecule has 2 N–H and O–H groups in total. The van der Waals surface area contributed by atoms with Crippen molar-refractivity contribution in [1.82, 2.24) is 0 Å². The third-order valence-corrected chi connectivity index (χ3v) is 3.33. The lowest BCUT2D eigenvalue weighted by molar-refractivity contribution is 0.404. The lowest BCUT2D eigenvalue weighted by atomic mass is 9.98. The van der Waals surface area contributed by atoms with Crippen molar-refractivity contribution in [3.63, 3.8) is 0 Å². The highest BCUT2D eigenvalue weighted by Gasteiger charge is 2.18. The van der Waals surface area contributed by atoms with E-state index in [4.69, 9.17) is 10.5 Å². The van der Waals surface area contributed by atoms with Gasteiger partial charge < -0.3 is 15.4 Å². The zero-order valence-electron chi connectivity index (χ0n) is 10.1. The summed E-state index contributed by atoms with van der Waals surface area (Å²) in [4.78, 5) is 2.37. The Balaban J connectivity index is 2.21. The summed E-state index contributed by atoms with van der Waals surface area (Å²) in [5.74, 6) is 1.76. The number of hydrogen-bond donors (Lipinski definition) is 1. The molecule has 0 amide bonds. The van der Waals surface area contributed by atoms with Crippen LogP contribution in [0.2, 0.25) is 0 Å². The predicted octanol–water partition coefficient (Wildman–Crippen LogP) is 2.51. The molecule has 0 radical (unpaired) electrons. The van der Waals surface area contributed by atoms with E-state index in [9.17, 15) is 0 Å². The summed E-state index contributed by atoms with van der Waals surface area (Å²) in [7, 11) is 1.71. The first-order chi connectivity index (χ1) is 7.70. The van der Waals surface area contributed by atoms with Gasteiger partial charge in [0.05, 0.1) is 12.8 Å². The molecule has 88 valence electrons. The van der Waals surface area contributed by atoms with Gasteiger partial charge >= 0.3 is 0 Å². The third-order valence-electron chi connectivity index (χ3n) is 3.33. The van der Waals surface area contributed by atoms with Crippen LogP contribution >= 0.6 is 0 Å². The molecule has 16 heavy (non-hydrogen) atoms. The summed E-state index contributed by atoms with van der Waals surface area (Å²) < 4.78 is 5.38. The average Bonchev–Trinajstić information content (AvgIpc) is 2.30. The van der Waals surface area contributed by atoms with Gasteiger partial charge in [0.2, 0.25) is 0 Å². The second-order valence-electron chi connectivity index (χ2n) is 4.60. The van der Waals surface area contributed by atoms with Crippen LogP contribution in [0, 0.1) is 5.92 Å². The third kappa shape index (κ3) is 2.23. The van der Waals surface area contributed by atoms with Crippen molar-refractivity contribution in [3.8, 4) is 5.75 Å². The molecule has 1 aromatic rings. The summed E-state index contributed by atoms with van der Waals surface area (Å²) >= 11 is 0. The van der Waals surface area contributed by atoms with Gasteiger partial charge in [0.25, 0.3) is 0 Å². The molecule has 0 aromatic heterocycles. The lowest BCUT2D eigenvalue weighted by Gasteiger charge is -2.33.